The summed E-state index contributed by atoms with van der Waals surface area (Å²) in [6.07, 6.45) is 5.92. The Morgan fingerprint density at radius 1 is 0.551 bits per heavy atom. The number of hydrogen-bond donors (Lipinski definition) is 0. The fourth-order valence-electron chi connectivity index (χ4n) is 5.21. The molecule has 0 amide bonds. The molecule has 0 atom stereocenters. The second kappa shape index (κ2) is 14.5. The van der Waals surface area contributed by atoms with Crippen molar-refractivity contribution in [2.75, 3.05) is 0 Å². The monoisotopic (exact) mass is 917 g/mol. The van der Waals surface area contributed by atoms with Gasteiger partial charge in [0.25, 0.3) is 0 Å². The van der Waals surface area contributed by atoms with Crippen molar-refractivity contribution in [3.05, 3.63) is 146 Å². The van der Waals surface area contributed by atoms with Gasteiger partial charge in [0.1, 0.15) is 12.7 Å². The van der Waals surface area contributed by atoms with Crippen LogP contribution in [0.25, 0.3) is 50.3 Å². The molecule has 0 radical (unpaired) electrons. The van der Waals surface area contributed by atoms with E-state index in [0.29, 0.717) is 34.0 Å². The van der Waals surface area contributed by atoms with Gasteiger partial charge in [0.05, 0.1) is 0 Å². The summed E-state index contributed by atoms with van der Waals surface area (Å²) in [7, 11) is 0. The van der Waals surface area contributed by atoms with Crippen molar-refractivity contribution in [1.82, 2.24) is 29.5 Å². The van der Waals surface area contributed by atoms with Gasteiger partial charge in [-0.05, 0) is 23.5 Å². The molecule has 12 heteroatoms. The van der Waals surface area contributed by atoms with Crippen LogP contribution in [-0.4, -0.2) is 29.5 Å². The van der Waals surface area contributed by atoms with Crippen LogP contribution >= 0.6 is 0 Å². The third-order valence-electron chi connectivity index (χ3n) is 7.19. The van der Waals surface area contributed by atoms with Crippen LogP contribution in [0, 0.1) is 35.9 Å². The summed E-state index contributed by atoms with van der Waals surface area (Å²) in [4.78, 5) is 21.1. The molecule has 4 aromatic carbocycles. The van der Waals surface area contributed by atoms with Crippen LogP contribution in [0.1, 0.15) is 0 Å². The molecule has 0 unspecified atom stereocenters. The van der Waals surface area contributed by atoms with Gasteiger partial charge in [-0.2, -0.15) is 0 Å². The number of pyridine rings is 2. The second-order valence-electron chi connectivity index (χ2n) is 10.2. The Balaban J connectivity index is 0.00000208. The van der Waals surface area contributed by atoms with E-state index in [1.807, 2.05) is 48.5 Å². The maximum atomic E-state index is 16.0. The van der Waals surface area contributed by atoms with Crippen LogP contribution in [-0.2, 0) is 41.5 Å². The molecule has 242 valence electrons. The Kier molecular flexibility index (Phi) is 9.97. The van der Waals surface area contributed by atoms with Crippen molar-refractivity contribution in [2.45, 2.75) is 0 Å². The number of benzene rings is 4. The van der Waals surface area contributed by atoms with Crippen molar-refractivity contribution in [3.8, 4) is 51.5 Å². The van der Waals surface area contributed by atoms with Crippen LogP contribution in [0.4, 0.5) is 8.78 Å². The van der Waals surface area contributed by atoms with E-state index in [4.69, 9.17) is 9.47 Å². The molecule has 0 fully saturated rings. The van der Waals surface area contributed by atoms with Gasteiger partial charge in [0.15, 0.2) is 0 Å². The van der Waals surface area contributed by atoms with Crippen molar-refractivity contribution >= 4 is 21.8 Å². The van der Waals surface area contributed by atoms with E-state index in [1.165, 1.54) is 17.2 Å². The second-order valence-corrected chi connectivity index (χ2v) is 10.2. The molecule has 4 aromatic heterocycles. The third-order valence-corrected chi connectivity index (χ3v) is 7.19. The largest absolute Gasteiger partial charge is 2.00 e. The Morgan fingerprint density at radius 2 is 1.04 bits per heavy atom. The van der Waals surface area contributed by atoms with Gasteiger partial charge in [-0.3, -0.25) is 0 Å². The fraction of sp³-hybridized carbons (Fsp3) is 0. The third kappa shape index (κ3) is 6.74. The van der Waals surface area contributed by atoms with Gasteiger partial charge in [-0.15, -0.1) is 70.4 Å². The molecular weight excluding hydrogens is 900 g/mol. The summed E-state index contributed by atoms with van der Waals surface area (Å²) in [5.74, 6) is -0.726. The molecular formula is C37H18F2N6O2PdPt. The van der Waals surface area contributed by atoms with Crippen LogP contribution in [0.2, 0.25) is 0 Å². The fourth-order valence-corrected chi connectivity index (χ4v) is 5.21. The molecule has 8 rings (SSSR count). The predicted octanol–water partition coefficient (Wildman–Crippen LogP) is 8.15. The molecule has 49 heavy (non-hydrogen) atoms. The van der Waals surface area contributed by atoms with Crippen LogP contribution in [0.5, 0.6) is 23.0 Å². The first kappa shape index (κ1) is 33.7. The van der Waals surface area contributed by atoms with Crippen LogP contribution < -0.4 is 9.47 Å². The van der Waals surface area contributed by atoms with E-state index in [9.17, 15) is 0 Å². The molecule has 0 saturated heterocycles. The van der Waals surface area contributed by atoms with E-state index < -0.39 is 11.6 Å². The average Bonchev–Trinajstić information content (AvgIpc) is 3.44. The van der Waals surface area contributed by atoms with Crippen LogP contribution in [0.15, 0.2) is 110 Å². The van der Waals surface area contributed by atoms with Gasteiger partial charge in [-0.25, -0.2) is 23.7 Å². The Labute approximate surface area is 306 Å². The smallest absolute Gasteiger partial charge is 0.503 e. The zero-order valence-electron chi connectivity index (χ0n) is 24.8. The van der Waals surface area contributed by atoms with E-state index in [-0.39, 0.29) is 80.7 Å². The number of halogens is 2. The molecule has 0 saturated carbocycles. The molecule has 8 nitrogen and oxygen atoms in total. The number of hydrogen-bond acceptors (Lipinski definition) is 7. The van der Waals surface area contributed by atoms with Gasteiger partial charge >= 0.3 is 41.5 Å². The maximum absolute atomic E-state index is 16.0. The Morgan fingerprint density at radius 3 is 1.49 bits per heavy atom. The minimum atomic E-state index is -0.746. The summed E-state index contributed by atoms with van der Waals surface area (Å²) in [5, 5.41) is -0.106. The van der Waals surface area contributed by atoms with Crippen LogP contribution in [0.3, 0.4) is 0 Å². The summed E-state index contributed by atoms with van der Waals surface area (Å²) in [5.41, 5.74) is 3.02. The average molecular weight is 918 g/mol. The molecule has 0 N–H and O–H groups in total. The molecule has 0 aliphatic carbocycles. The molecule has 8 aromatic rings. The first-order valence-corrected chi connectivity index (χ1v) is 14.3. The first-order chi connectivity index (χ1) is 23.1. The van der Waals surface area contributed by atoms with E-state index in [2.05, 4.69) is 49.2 Å². The SMILES string of the molecule is Fc1cc(Oc2[c-]c(-c3ccccn3)ccc2)[c-]c2c1c1c(F)cc(Oc3[c-]c(-c4ccccn4)ccc3)[c-]c1n2-c1ncncn1.[Pd+2].[Pt+2]. The minimum Gasteiger partial charge on any atom is -0.503 e. The molecule has 0 aliphatic rings. The zero-order chi connectivity index (χ0) is 31.7. The number of aromatic nitrogens is 6. The number of rotatable bonds is 7. The first-order valence-electron chi connectivity index (χ1n) is 14.3. The number of ether oxygens (including phenoxy) is 2. The summed E-state index contributed by atoms with van der Waals surface area (Å²) in [6.45, 7) is 0. The van der Waals surface area contributed by atoms with Crippen molar-refractivity contribution in [2.24, 2.45) is 0 Å². The zero-order valence-corrected chi connectivity index (χ0v) is 28.6. The topological polar surface area (TPSA) is 87.8 Å². The Bertz CT molecular complexity index is 2250. The quantitative estimate of drug-likeness (QED) is 0.118. The van der Waals surface area contributed by atoms with E-state index >= 15 is 8.78 Å². The van der Waals surface area contributed by atoms with Crippen molar-refractivity contribution in [3.63, 3.8) is 0 Å². The van der Waals surface area contributed by atoms with Gasteiger partial charge < -0.3 is 24.0 Å². The van der Waals surface area contributed by atoms with E-state index in [1.54, 1.807) is 36.7 Å². The van der Waals surface area contributed by atoms with Gasteiger partial charge in [0.2, 0.25) is 5.95 Å². The molecule has 0 bridgehead atoms. The Hall–Kier alpha value is -5.20. The maximum Gasteiger partial charge on any atom is 2.00 e. The van der Waals surface area contributed by atoms with Gasteiger partial charge in [0, 0.05) is 47.0 Å². The summed E-state index contributed by atoms with van der Waals surface area (Å²) < 4.78 is 45.4. The van der Waals surface area contributed by atoms with E-state index in [0.717, 1.165) is 12.1 Å². The molecule has 4 heterocycles. The standard InChI is InChI=1S/C37H18F2N6O2.Pd.Pt/c38-29-17-27(46-25-9-5-7-23(15-25)31-11-1-3-13-41-31)19-33-35(29)36-30(39)18-28(20-34(36)45(33)37-43-21-40-22-44-37)47-26-10-6-8-24(16-26)32-12-2-4-14-42-32;;/h1-14,17-18,21-22H;;/q-4;2*+2. The summed E-state index contributed by atoms with van der Waals surface area (Å²) >= 11 is 0. The van der Waals surface area contributed by atoms with Crippen molar-refractivity contribution in [1.29, 1.82) is 0 Å². The number of fused-ring (bicyclic) bond motifs is 3. The van der Waals surface area contributed by atoms with Crippen molar-refractivity contribution < 1.29 is 59.7 Å². The predicted molar refractivity (Wildman–Crippen MR) is 169 cm³/mol. The number of nitrogens with zero attached hydrogens (tertiary/aromatic N) is 6. The normalized spacial score (nSPS) is 10.7. The molecule has 0 spiro atoms. The van der Waals surface area contributed by atoms with Gasteiger partial charge in [-0.1, -0.05) is 59.6 Å². The minimum absolute atomic E-state index is 0. The molecule has 0 aliphatic heterocycles. The summed E-state index contributed by atoms with van der Waals surface area (Å²) in [6, 6.07) is 36.4.